The molecule has 0 N–H and O–H groups in total. The van der Waals surface area contributed by atoms with Gasteiger partial charge in [0.05, 0.1) is 0 Å². The first-order valence-electron chi connectivity index (χ1n) is 4.98. The van der Waals surface area contributed by atoms with Crippen molar-refractivity contribution in [3.63, 3.8) is 0 Å². The third kappa shape index (κ3) is 2.35. The van der Waals surface area contributed by atoms with E-state index >= 15 is 0 Å². The molecule has 1 unspecified atom stereocenters. The van der Waals surface area contributed by atoms with E-state index in [-0.39, 0.29) is 11.7 Å². The number of halogens is 1. The molecule has 2 rings (SSSR count). The topological polar surface area (TPSA) is 20.3 Å². The Kier molecular flexibility index (Phi) is 3.01. The molecule has 80 valence electrons. The van der Waals surface area contributed by atoms with E-state index in [4.69, 9.17) is 0 Å². The van der Waals surface area contributed by atoms with Crippen LogP contribution in [0.15, 0.2) is 18.2 Å². The van der Waals surface area contributed by atoms with Crippen molar-refractivity contribution < 1.29 is 9.18 Å². The van der Waals surface area contributed by atoms with E-state index in [0.29, 0.717) is 18.5 Å². The Labute approximate surface area is 90.7 Å². The van der Waals surface area contributed by atoms with E-state index in [1.807, 2.05) is 6.07 Å². The fourth-order valence-corrected chi connectivity index (χ4v) is 2.01. The molecule has 0 saturated carbocycles. The average Bonchev–Trinajstić information content (AvgIpc) is 2.57. The summed E-state index contributed by atoms with van der Waals surface area (Å²) in [5.74, 6) is -0.105. The van der Waals surface area contributed by atoms with Crippen molar-refractivity contribution in [1.29, 1.82) is 0 Å². The number of benzene rings is 1. The van der Waals surface area contributed by atoms with E-state index in [9.17, 15) is 9.18 Å². The first kappa shape index (κ1) is 10.6. The number of nitrogens with zero attached hydrogens (tertiary/aromatic N) is 1. The first-order valence-corrected chi connectivity index (χ1v) is 5.56. The van der Waals surface area contributed by atoms with Crippen molar-refractivity contribution in [2.45, 2.75) is 19.4 Å². The molecule has 0 radical (unpaired) electrons. The molecule has 0 aliphatic carbocycles. The Balaban J connectivity index is 2.13. The fourth-order valence-electron chi connectivity index (χ4n) is 1.77. The minimum Gasteiger partial charge on any atom is -0.338 e. The van der Waals surface area contributed by atoms with Crippen LogP contribution in [0.1, 0.15) is 18.4 Å². The molecular formula is C11H13FNOP. The second-order valence-corrected chi connectivity index (χ2v) is 4.44. The maximum absolute atomic E-state index is 13.5. The number of rotatable bonds is 2. The van der Waals surface area contributed by atoms with Crippen molar-refractivity contribution in [1.82, 2.24) is 4.90 Å². The monoisotopic (exact) mass is 225 g/mol. The molecule has 2 nitrogen and oxygen atoms in total. The molecule has 1 aliphatic heterocycles. The molecular weight excluding hydrogens is 212 g/mol. The second-order valence-electron chi connectivity index (χ2n) is 3.77. The highest BCUT2D eigenvalue weighted by Gasteiger charge is 2.20. The average molecular weight is 225 g/mol. The van der Waals surface area contributed by atoms with Crippen LogP contribution in [-0.4, -0.2) is 17.4 Å². The number of carbonyl (C=O) groups is 1. The van der Waals surface area contributed by atoms with E-state index in [1.54, 1.807) is 11.0 Å². The smallest absolute Gasteiger partial charge is 0.222 e. The summed E-state index contributed by atoms with van der Waals surface area (Å²) < 4.78 is 13.5. The summed E-state index contributed by atoms with van der Waals surface area (Å²) in [6.45, 7) is 1.15. The Morgan fingerprint density at radius 1 is 1.47 bits per heavy atom. The molecule has 1 saturated heterocycles. The molecule has 4 heteroatoms. The van der Waals surface area contributed by atoms with Gasteiger partial charge in [-0.05, 0) is 17.8 Å². The van der Waals surface area contributed by atoms with Gasteiger partial charge in [-0.2, -0.15) is 0 Å². The predicted molar refractivity (Wildman–Crippen MR) is 60.4 cm³/mol. The van der Waals surface area contributed by atoms with Crippen LogP contribution < -0.4 is 5.30 Å². The summed E-state index contributed by atoms with van der Waals surface area (Å²) in [5, 5.41) is 0.823. The van der Waals surface area contributed by atoms with Crippen molar-refractivity contribution in [3.05, 3.63) is 29.6 Å². The van der Waals surface area contributed by atoms with Crippen molar-refractivity contribution >= 4 is 20.5 Å². The number of carbonyl (C=O) groups excluding carboxylic acids is 1. The largest absolute Gasteiger partial charge is 0.338 e. The maximum Gasteiger partial charge on any atom is 0.222 e. The maximum atomic E-state index is 13.5. The minimum absolute atomic E-state index is 0.129. The summed E-state index contributed by atoms with van der Waals surface area (Å²) >= 11 is 0. The standard InChI is InChI=1S/C11H13FNOP/c12-10-6-9(15)4-3-8(10)7-13-5-1-2-11(13)14/h3-4,6H,1-2,5,7,15H2. The van der Waals surface area contributed by atoms with E-state index in [1.165, 1.54) is 6.07 Å². The Morgan fingerprint density at radius 3 is 2.87 bits per heavy atom. The van der Waals surface area contributed by atoms with Gasteiger partial charge >= 0.3 is 0 Å². The number of likely N-dealkylation sites (tertiary alicyclic amines) is 1. The lowest BCUT2D eigenvalue weighted by Crippen LogP contribution is -2.24. The van der Waals surface area contributed by atoms with Gasteiger partial charge in [0.1, 0.15) is 5.82 Å². The van der Waals surface area contributed by atoms with Crippen molar-refractivity contribution in [3.8, 4) is 0 Å². The van der Waals surface area contributed by atoms with Gasteiger partial charge in [0, 0.05) is 25.1 Å². The van der Waals surface area contributed by atoms with Crippen LogP contribution >= 0.6 is 9.24 Å². The minimum atomic E-state index is -0.234. The predicted octanol–water partition coefficient (Wildman–Crippen LogP) is 1.45. The highest BCUT2D eigenvalue weighted by Crippen LogP contribution is 2.16. The van der Waals surface area contributed by atoms with Gasteiger partial charge < -0.3 is 4.90 Å². The lowest BCUT2D eigenvalue weighted by molar-refractivity contribution is -0.128. The SMILES string of the molecule is O=C1CCCN1Cc1ccc(P)cc1F. The zero-order chi connectivity index (χ0) is 10.8. The lowest BCUT2D eigenvalue weighted by atomic mass is 10.2. The molecule has 1 aliphatic rings. The zero-order valence-corrected chi connectivity index (χ0v) is 9.53. The van der Waals surface area contributed by atoms with Crippen LogP contribution in [0, 0.1) is 5.82 Å². The second kappa shape index (κ2) is 4.28. The highest BCUT2D eigenvalue weighted by atomic mass is 31.0. The summed E-state index contributed by atoms with van der Waals surface area (Å²) in [6.07, 6.45) is 1.49. The van der Waals surface area contributed by atoms with Gasteiger partial charge in [-0.15, -0.1) is 9.24 Å². The summed E-state index contributed by atoms with van der Waals surface area (Å²) in [4.78, 5) is 13.1. The van der Waals surface area contributed by atoms with Gasteiger partial charge in [-0.3, -0.25) is 4.79 Å². The Bertz CT molecular complexity index is 394. The Morgan fingerprint density at radius 2 is 2.27 bits per heavy atom. The molecule has 1 fully saturated rings. The first-order chi connectivity index (χ1) is 7.16. The van der Waals surface area contributed by atoms with Gasteiger partial charge in [0.15, 0.2) is 0 Å². The van der Waals surface area contributed by atoms with Crippen LogP contribution in [0.3, 0.4) is 0 Å². The molecule has 0 aromatic heterocycles. The highest BCUT2D eigenvalue weighted by molar-refractivity contribution is 7.27. The van der Waals surface area contributed by atoms with Crippen LogP contribution in [0.25, 0.3) is 0 Å². The number of amides is 1. The van der Waals surface area contributed by atoms with Crippen molar-refractivity contribution in [2.24, 2.45) is 0 Å². The molecule has 1 aromatic carbocycles. The van der Waals surface area contributed by atoms with Crippen LogP contribution in [0.4, 0.5) is 4.39 Å². The normalized spacial score (nSPS) is 16.1. The van der Waals surface area contributed by atoms with Crippen LogP contribution in [-0.2, 0) is 11.3 Å². The summed E-state index contributed by atoms with van der Waals surface area (Å²) in [7, 11) is 2.45. The van der Waals surface area contributed by atoms with Crippen LogP contribution in [0.5, 0.6) is 0 Å². The van der Waals surface area contributed by atoms with Crippen molar-refractivity contribution in [2.75, 3.05) is 6.54 Å². The third-order valence-corrected chi connectivity index (χ3v) is 2.97. The van der Waals surface area contributed by atoms with Gasteiger partial charge in [0.25, 0.3) is 0 Å². The van der Waals surface area contributed by atoms with Gasteiger partial charge in [-0.25, -0.2) is 4.39 Å². The van der Waals surface area contributed by atoms with E-state index in [2.05, 4.69) is 9.24 Å². The molecule has 1 aromatic rings. The van der Waals surface area contributed by atoms with Gasteiger partial charge in [-0.1, -0.05) is 12.1 Å². The third-order valence-electron chi connectivity index (χ3n) is 2.61. The number of hydrogen-bond acceptors (Lipinski definition) is 1. The molecule has 1 atom stereocenters. The molecule has 0 bridgehead atoms. The fraction of sp³-hybridized carbons (Fsp3) is 0.364. The van der Waals surface area contributed by atoms with E-state index in [0.717, 1.165) is 18.3 Å². The number of hydrogen-bond donors (Lipinski definition) is 0. The van der Waals surface area contributed by atoms with E-state index < -0.39 is 0 Å². The lowest BCUT2D eigenvalue weighted by Gasteiger charge is -2.15. The Hall–Kier alpha value is -0.950. The zero-order valence-electron chi connectivity index (χ0n) is 8.37. The summed E-state index contributed by atoms with van der Waals surface area (Å²) in [5.41, 5.74) is 0.594. The van der Waals surface area contributed by atoms with Gasteiger partial charge in [0.2, 0.25) is 5.91 Å². The molecule has 1 amide bonds. The quantitative estimate of drug-likeness (QED) is 0.697. The molecule has 15 heavy (non-hydrogen) atoms. The van der Waals surface area contributed by atoms with Crippen LogP contribution in [0.2, 0.25) is 0 Å². The molecule has 1 heterocycles. The summed E-state index contributed by atoms with van der Waals surface area (Å²) in [6, 6.07) is 5.05. The molecule has 0 spiro atoms.